The van der Waals surface area contributed by atoms with Crippen LogP contribution < -0.4 is 0 Å². The number of thiazole rings is 1. The number of aryl methyl sites for hydroxylation is 1. The number of rotatable bonds is 2. The first-order valence-electron chi connectivity index (χ1n) is 12.2. The van der Waals surface area contributed by atoms with E-state index in [-0.39, 0.29) is 24.0 Å². The van der Waals surface area contributed by atoms with Gasteiger partial charge in [0.1, 0.15) is 5.78 Å². The van der Waals surface area contributed by atoms with Crippen LogP contribution in [0.25, 0.3) is 6.08 Å². The fraction of sp³-hybridized carbons (Fsp3) is 0.607. The molecule has 6 nitrogen and oxygen atoms in total. The molecule has 0 spiro atoms. The summed E-state index contributed by atoms with van der Waals surface area (Å²) in [4.78, 5) is 33.0. The Morgan fingerprint density at radius 2 is 1.83 bits per heavy atom. The molecular weight excluding hydrogens is 460 g/mol. The van der Waals surface area contributed by atoms with Crippen LogP contribution in [0.1, 0.15) is 71.5 Å². The smallest absolute Gasteiger partial charge is 0.230 e. The average molecular weight is 503 g/mol. The summed E-state index contributed by atoms with van der Waals surface area (Å²) in [7, 11) is 1.73. The van der Waals surface area contributed by atoms with Gasteiger partial charge in [0.05, 0.1) is 33.2 Å². The molecule has 0 saturated heterocycles. The van der Waals surface area contributed by atoms with Crippen molar-refractivity contribution in [2.45, 2.75) is 79.4 Å². The first-order valence-corrected chi connectivity index (χ1v) is 13.1. The third-order valence-electron chi connectivity index (χ3n) is 7.76. The lowest BCUT2D eigenvalue weighted by molar-refractivity contribution is -0.179. The van der Waals surface area contributed by atoms with Crippen LogP contribution in [0.15, 0.2) is 35.3 Å². The highest BCUT2D eigenvalue weighted by atomic mass is 32.1. The van der Waals surface area contributed by atoms with E-state index in [4.69, 9.17) is 0 Å². The lowest BCUT2D eigenvalue weighted by Gasteiger charge is -2.49. The Morgan fingerprint density at radius 1 is 1.17 bits per heavy atom. The monoisotopic (exact) mass is 502 g/mol. The number of carbonyl (C=O) groups is 2. The summed E-state index contributed by atoms with van der Waals surface area (Å²) >= 11 is 1.59. The Hall–Kier alpha value is -2.09. The summed E-state index contributed by atoms with van der Waals surface area (Å²) < 4.78 is 0. The molecule has 1 amide bonds. The Bertz CT molecular complexity index is 1000. The maximum absolute atomic E-state index is 13.7. The second kappa shape index (κ2) is 11.3. The van der Waals surface area contributed by atoms with Crippen molar-refractivity contribution < 1.29 is 19.8 Å². The van der Waals surface area contributed by atoms with E-state index in [1.807, 2.05) is 43.5 Å². The van der Waals surface area contributed by atoms with Crippen molar-refractivity contribution in [1.29, 1.82) is 0 Å². The van der Waals surface area contributed by atoms with Crippen LogP contribution in [0.4, 0.5) is 0 Å². The van der Waals surface area contributed by atoms with Crippen molar-refractivity contribution in [2.24, 2.45) is 16.7 Å². The van der Waals surface area contributed by atoms with E-state index < -0.39 is 22.5 Å². The molecule has 0 aromatic carbocycles. The largest absolute Gasteiger partial charge is 0.393 e. The quantitative estimate of drug-likeness (QED) is 0.597. The number of hydrogen-bond acceptors (Lipinski definition) is 6. The van der Waals surface area contributed by atoms with Gasteiger partial charge in [0.2, 0.25) is 5.91 Å². The van der Waals surface area contributed by atoms with Crippen molar-refractivity contribution in [1.82, 2.24) is 9.88 Å². The number of amides is 1. The molecule has 0 fully saturated rings. The summed E-state index contributed by atoms with van der Waals surface area (Å²) in [6.45, 7) is 12.7. The maximum Gasteiger partial charge on any atom is 0.230 e. The average Bonchev–Trinajstić information content (AvgIpc) is 3.17. The normalized spacial score (nSPS) is 29.0. The standard InChI is InChI=1S/C28H42N2O4S/c1-19(15-22-18-35-20(2)29-22)21-13-11-9-10-12-14-23(31)16-24(32)26(3,4)28(7,34)27(5,6)25(33)30(8)17-21/h9-11,13,15,18,21,23,31,34H,12,14,16-17H2,1-8H3/t21-,23+,28+/m1/s1. The van der Waals surface area contributed by atoms with Crippen LogP contribution in [-0.2, 0) is 9.59 Å². The zero-order chi connectivity index (χ0) is 26.6. The zero-order valence-electron chi connectivity index (χ0n) is 22.5. The number of aliphatic hydroxyl groups is 2. The summed E-state index contributed by atoms with van der Waals surface area (Å²) in [6.07, 6.45) is 10.2. The topological polar surface area (TPSA) is 90.7 Å². The fourth-order valence-corrected chi connectivity index (χ4v) is 5.06. The van der Waals surface area contributed by atoms with Crippen LogP contribution in [0.3, 0.4) is 0 Å². The number of nitrogens with zero attached hydrogens (tertiary/aromatic N) is 2. The van der Waals surface area contributed by atoms with Crippen LogP contribution in [-0.4, -0.2) is 57.1 Å². The Balaban J connectivity index is 2.48. The highest BCUT2D eigenvalue weighted by Crippen LogP contribution is 2.46. The molecule has 0 saturated carbocycles. The van der Waals surface area contributed by atoms with E-state index >= 15 is 0 Å². The maximum atomic E-state index is 13.7. The van der Waals surface area contributed by atoms with Gasteiger partial charge in [-0.1, -0.05) is 43.7 Å². The number of Topliss-reactive ketones (excluding diaryl/α,β-unsaturated/α-hetero) is 1. The molecule has 1 aliphatic heterocycles. The van der Waals surface area contributed by atoms with Crippen LogP contribution in [0.5, 0.6) is 0 Å². The third-order valence-corrected chi connectivity index (χ3v) is 8.55. The second-order valence-corrected chi connectivity index (χ2v) is 12.0. The molecule has 2 rings (SSSR count). The Kier molecular flexibility index (Phi) is 9.42. The molecule has 1 aliphatic rings. The summed E-state index contributed by atoms with van der Waals surface area (Å²) in [5.74, 6) is -0.573. The van der Waals surface area contributed by atoms with E-state index in [2.05, 4.69) is 11.1 Å². The Morgan fingerprint density at radius 3 is 2.43 bits per heavy atom. The Labute approximate surface area is 214 Å². The van der Waals surface area contributed by atoms with Gasteiger partial charge in [-0.05, 0) is 53.5 Å². The minimum atomic E-state index is -1.65. The summed E-state index contributed by atoms with van der Waals surface area (Å²) in [5.41, 5.74) is -2.17. The molecule has 3 atom stereocenters. The first kappa shape index (κ1) is 29.1. The van der Waals surface area contributed by atoms with Crippen molar-refractivity contribution in [2.75, 3.05) is 13.6 Å². The first-order chi connectivity index (χ1) is 16.1. The number of allylic oxidation sites excluding steroid dienone is 3. The van der Waals surface area contributed by atoms with Gasteiger partial charge in [-0.15, -0.1) is 11.3 Å². The molecule has 0 radical (unpaired) electrons. The fourth-order valence-electron chi connectivity index (χ4n) is 4.49. The molecule has 2 heterocycles. The molecule has 35 heavy (non-hydrogen) atoms. The van der Waals surface area contributed by atoms with E-state index in [1.54, 1.807) is 57.9 Å². The number of aromatic nitrogens is 1. The van der Waals surface area contributed by atoms with Crippen molar-refractivity contribution in [3.63, 3.8) is 0 Å². The van der Waals surface area contributed by atoms with Gasteiger partial charge in [0.25, 0.3) is 0 Å². The SMILES string of the molecule is CC(=Cc1csc(C)n1)[C@@H]1C=CC=CCC[C@H](O)CC(=O)C(C)(C)[C@](C)(O)C(C)(C)C(=O)N(C)C1. The molecule has 194 valence electrons. The van der Waals surface area contributed by atoms with Gasteiger partial charge in [-0.2, -0.15) is 0 Å². The van der Waals surface area contributed by atoms with Crippen molar-refractivity contribution in [3.05, 3.63) is 46.0 Å². The van der Waals surface area contributed by atoms with Crippen LogP contribution in [0.2, 0.25) is 0 Å². The molecule has 2 N–H and O–H groups in total. The number of ketones is 1. The van der Waals surface area contributed by atoms with Gasteiger partial charge < -0.3 is 15.1 Å². The minimum Gasteiger partial charge on any atom is -0.393 e. The van der Waals surface area contributed by atoms with Crippen molar-refractivity contribution >= 4 is 29.1 Å². The number of aliphatic hydroxyl groups excluding tert-OH is 1. The molecule has 0 bridgehead atoms. The highest BCUT2D eigenvalue weighted by Gasteiger charge is 2.57. The predicted octanol–water partition coefficient (Wildman–Crippen LogP) is 4.96. The second-order valence-electron chi connectivity index (χ2n) is 11.0. The van der Waals surface area contributed by atoms with E-state index in [1.165, 1.54) is 0 Å². The van der Waals surface area contributed by atoms with Gasteiger partial charge in [0, 0.05) is 31.3 Å². The predicted molar refractivity (Wildman–Crippen MR) is 143 cm³/mol. The minimum absolute atomic E-state index is 0.0604. The summed E-state index contributed by atoms with van der Waals surface area (Å²) in [6, 6.07) is 0. The van der Waals surface area contributed by atoms with Gasteiger partial charge in [0.15, 0.2) is 0 Å². The number of hydrogen-bond donors (Lipinski definition) is 2. The molecule has 1 aromatic rings. The highest BCUT2D eigenvalue weighted by molar-refractivity contribution is 7.09. The van der Waals surface area contributed by atoms with E-state index in [0.29, 0.717) is 19.4 Å². The van der Waals surface area contributed by atoms with Gasteiger partial charge in [-0.3, -0.25) is 9.59 Å². The van der Waals surface area contributed by atoms with E-state index in [9.17, 15) is 19.8 Å². The molecular formula is C28H42N2O4S. The van der Waals surface area contributed by atoms with Crippen LogP contribution in [0, 0.1) is 23.7 Å². The molecule has 7 heteroatoms. The van der Waals surface area contributed by atoms with Gasteiger partial charge in [-0.25, -0.2) is 4.98 Å². The van der Waals surface area contributed by atoms with Crippen molar-refractivity contribution in [3.8, 4) is 0 Å². The number of carbonyl (C=O) groups excluding carboxylic acids is 2. The third kappa shape index (κ3) is 6.57. The molecule has 1 aromatic heterocycles. The molecule has 0 aliphatic carbocycles. The summed E-state index contributed by atoms with van der Waals surface area (Å²) in [5, 5.41) is 25.1. The van der Waals surface area contributed by atoms with Crippen LogP contribution >= 0.6 is 11.3 Å². The zero-order valence-corrected chi connectivity index (χ0v) is 23.3. The lowest BCUT2D eigenvalue weighted by atomic mass is 9.59. The molecule has 0 unspecified atom stereocenters. The van der Waals surface area contributed by atoms with Gasteiger partial charge >= 0.3 is 0 Å². The van der Waals surface area contributed by atoms with E-state index in [0.717, 1.165) is 16.3 Å². The lowest BCUT2D eigenvalue weighted by Crippen LogP contribution is -2.62.